The number of Topliss-reactive ketones (excluding diaryl/α,β-unsaturated/α-hetero) is 3. The molecule has 2 aliphatic heterocycles. The third kappa shape index (κ3) is 3.67. The van der Waals surface area contributed by atoms with E-state index in [1.165, 1.54) is 26.4 Å². The largest absolute Gasteiger partial charge is 0.497 e. The van der Waals surface area contributed by atoms with E-state index >= 15 is 0 Å². The molecule has 43 heavy (non-hydrogen) atoms. The molecule has 0 N–H and O–H groups in total. The average molecular weight is 594 g/mol. The first-order valence-electron chi connectivity index (χ1n) is 13.8. The van der Waals surface area contributed by atoms with Crippen LogP contribution in [-0.2, 0) is 0 Å². The molecule has 0 aromatic heterocycles. The highest BCUT2D eigenvalue weighted by Crippen LogP contribution is 2.62. The molecular formula is C35H25ClFNO5. The van der Waals surface area contributed by atoms with Crippen LogP contribution in [0.15, 0.2) is 91.0 Å². The third-order valence-corrected chi connectivity index (χ3v) is 9.28. The smallest absolute Gasteiger partial charge is 0.187 e. The van der Waals surface area contributed by atoms with Gasteiger partial charge in [-0.25, -0.2) is 4.39 Å². The number of carbonyl (C=O) groups excluding carboxylic acids is 3. The van der Waals surface area contributed by atoms with Gasteiger partial charge in [0, 0.05) is 45.5 Å². The fourth-order valence-corrected chi connectivity index (χ4v) is 7.42. The zero-order valence-corrected chi connectivity index (χ0v) is 24.0. The Morgan fingerprint density at radius 2 is 1.58 bits per heavy atom. The summed E-state index contributed by atoms with van der Waals surface area (Å²) >= 11 is 6.59. The molecule has 1 fully saturated rings. The Morgan fingerprint density at radius 1 is 0.884 bits per heavy atom. The number of halogens is 2. The molecule has 4 aromatic carbocycles. The van der Waals surface area contributed by atoms with Gasteiger partial charge in [-0.15, -0.1) is 0 Å². The summed E-state index contributed by atoms with van der Waals surface area (Å²) in [6.45, 7) is 0. The van der Waals surface area contributed by atoms with Crippen molar-refractivity contribution < 1.29 is 28.2 Å². The molecule has 2 heterocycles. The van der Waals surface area contributed by atoms with Crippen LogP contribution in [0.3, 0.4) is 0 Å². The number of ketones is 3. The molecule has 1 saturated heterocycles. The van der Waals surface area contributed by atoms with Crippen LogP contribution in [0.4, 0.5) is 10.1 Å². The van der Waals surface area contributed by atoms with Crippen LogP contribution in [0, 0.1) is 11.2 Å². The van der Waals surface area contributed by atoms with Crippen LogP contribution in [-0.4, -0.2) is 43.7 Å². The molecule has 4 aromatic rings. The van der Waals surface area contributed by atoms with Crippen LogP contribution in [0.25, 0.3) is 6.08 Å². The zero-order chi connectivity index (χ0) is 30.0. The number of hydrogen-bond donors (Lipinski definition) is 0. The van der Waals surface area contributed by atoms with Crippen molar-refractivity contribution in [3.63, 3.8) is 0 Å². The Labute approximate surface area is 252 Å². The number of anilines is 1. The second-order valence-corrected chi connectivity index (χ2v) is 11.3. The lowest BCUT2D eigenvalue weighted by molar-refractivity contribution is 0.0665. The van der Waals surface area contributed by atoms with Gasteiger partial charge in [-0.1, -0.05) is 66.2 Å². The van der Waals surface area contributed by atoms with Crippen molar-refractivity contribution in [3.8, 4) is 11.5 Å². The third-order valence-electron chi connectivity index (χ3n) is 8.95. The number of nitrogens with zero attached hydrogens (tertiary/aromatic N) is 1. The van der Waals surface area contributed by atoms with E-state index < -0.39 is 29.2 Å². The molecule has 0 amide bonds. The quantitative estimate of drug-likeness (QED) is 0.187. The number of methoxy groups -OCH3 is 2. The van der Waals surface area contributed by atoms with E-state index in [0.29, 0.717) is 39.4 Å². The lowest BCUT2D eigenvalue weighted by atomic mass is 9.64. The standard InChI is InChI=1S/C35H25ClFNO5/c1-42-21-13-14-25(28(18-21)43-2)30-31(32(39)24-9-5-6-10-26(24)36)38-27-15-12-20(37)17-19(27)11-16-29(38)35(30)33(40)22-7-3-4-8-23(22)34(35)41/h3-18,29-31H,1-2H3/t29-,30+,31-/m1/s1. The van der Waals surface area contributed by atoms with Crippen molar-refractivity contribution in [2.24, 2.45) is 5.41 Å². The summed E-state index contributed by atoms with van der Waals surface area (Å²) in [7, 11) is 3.01. The molecule has 0 unspecified atom stereocenters. The molecule has 0 saturated carbocycles. The van der Waals surface area contributed by atoms with Gasteiger partial charge in [0.05, 0.1) is 25.3 Å². The number of benzene rings is 4. The first-order chi connectivity index (χ1) is 20.8. The number of hydrogen-bond acceptors (Lipinski definition) is 6. The minimum absolute atomic E-state index is 0.240. The predicted octanol–water partition coefficient (Wildman–Crippen LogP) is 6.81. The Bertz CT molecular complexity index is 1850. The van der Waals surface area contributed by atoms with Crippen molar-refractivity contribution >= 4 is 40.7 Å². The van der Waals surface area contributed by atoms with E-state index in [9.17, 15) is 18.8 Å². The molecule has 0 bridgehead atoms. The van der Waals surface area contributed by atoms with Gasteiger partial charge in [-0.05, 0) is 36.4 Å². The highest BCUT2D eigenvalue weighted by molar-refractivity contribution is 6.35. The van der Waals surface area contributed by atoms with E-state index in [1.807, 2.05) is 0 Å². The molecule has 6 nitrogen and oxygen atoms in total. The van der Waals surface area contributed by atoms with E-state index in [-0.39, 0.29) is 27.9 Å². The summed E-state index contributed by atoms with van der Waals surface area (Å²) in [4.78, 5) is 46.2. The maximum atomic E-state index is 14.8. The fraction of sp³-hybridized carbons (Fsp3) is 0.171. The minimum Gasteiger partial charge on any atom is -0.497 e. The van der Waals surface area contributed by atoms with Crippen LogP contribution in [0.1, 0.15) is 48.1 Å². The number of ether oxygens (including phenoxy) is 2. The molecule has 1 spiro atoms. The molecule has 8 heteroatoms. The zero-order valence-electron chi connectivity index (χ0n) is 23.2. The molecule has 3 aliphatic rings. The molecule has 1 aliphatic carbocycles. The SMILES string of the molecule is COc1ccc([C@H]2[C@H](C(=O)c3ccccc3Cl)N3c4ccc(F)cc4C=C[C@@H]3C23C(=O)c2ccccc2C3=O)c(OC)c1. The van der Waals surface area contributed by atoms with Crippen LogP contribution < -0.4 is 14.4 Å². The first-order valence-corrected chi connectivity index (χ1v) is 14.2. The Hall–Kier alpha value is -4.75. The molecular weight excluding hydrogens is 569 g/mol. The van der Waals surface area contributed by atoms with Gasteiger partial charge in [0.15, 0.2) is 17.3 Å². The van der Waals surface area contributed by atoms with Crippen molar-refractivity contribution in [1.29, 1.82) is 0 Å². The van der Waals surface area contributed by atoms with Crippen molar-refractivity contribution in [2.75, 3.05) is 19.1 Å². The van der Waals surface area contributed by atoms with Crippen molar-refractivity contribution in [2.45, 2.75) is 18.0 Å². The highest BCUT2D eigenvalue weighted by atomic mass is 35.5. The Balaban J connectivity index is 1.58. The minimum atomic E-state index is -1.74. The van der Waals surface area contributed by atoms with Gasteiger partial charge in [-0.2, -0.15) is 0 Å². The Morgan fingerprint density at radius 3 is 2.26 bits per heavy atom. The molecule has 214 valence electrons. The number of fused-ring (bicyclic) bond motifs is 5. The van der Waals surface area contributed by atoms with Gasteiger partial charge in [0.2, 0.25) is 0 Å². The van der Waals surface area contributed by atoms with Gasteiger partial charge in [0.25, 0.3) is 0 Å². The number of carbonyl (C=O) groups is 3. The predicted molar refractivity (Wildman–Crippen MR) is 161 cm³/mol. The normalized spacial score (nSPS) is 21.0. The topological polar surface area (TPSA) is 72.9 Å². The van der Waals surface area contributed by atoms with E-state index in [4.69, 9.17) is 21.1 Å². The van der Waals surface area contributed by atoms with Gasteiger partial charge in [0.1, 0.15) is 28.8 Å². The lowest BCUT2D eigenvalue weighted by Gasteiger charge is -2.37. The van der Waals surface area contributed by atoms with Crippen molar-refractivity contribution in [1.82, 2.24) is 0 Å². The van der Waals surface area contributed by atoms with Crippen LogP contribution in [0.5, 0.6) is 11.5 Å². The Kier molecular flexibility index (Phi) is 6.25. The van der Waals surface area contributed by atoms with E-state index in [1.54, 1.807) is 89.8 Å². The molecule has 0 radical (unpaired) electrons. The second-order valence-electron chi connectivity index (χ2n) is 10.9. The van der Waals surface area contributed by atoms with E-state index in [0.717, 1.165) is 0 Å². The molecule has 7 rings (SSSR count). The average Bonchev–Trinajstić information content (AvgIpc) is 3.46. The molecule has 3 atom stereocenters. The summed E-state index contributed by atoms with van der Waals surface area (Å²) in [6.07, 6.45) is 3.46. The van der Waals surface area contributed by atoms with Crippen LogP contribution in [0.2, 0.25) is 5.02 Å². The maximum absolute atomic E-state index is 14.8. The maximum Gasteiger partial charge on any atom is 0.187 e. The van der Waals surface area contributed by atoms with Gasteiger partial charge >= 0.3 is 0 Å². The summed E-state index contributed by atoms with van der Waals surface area (Å²) in [6, 6.07) is 20.9. The van der Waals surface area contributed by atoms with E-state index in [2.05, 4.69) is 0 Å². The van der Waals surface area contributed by atoms with Gasteiger partial charge in [-0.3, -0.25) is 14.4 Å². The monoisotopic (exact) mass is 593 g/mol. The first kappa shape index (κ1) is 27.1. The number of rotatable bonds is 5. The summed E-state index contributed by atoms with van der Waals surface area (Å²) < 4.78 is 25.7. The summed E-state index contributed by atoms with van der Waals surface area (Å²) in [5.74, 6) is -1.73. The highest BCUT2D eigenvalue weighted by Gasteiger charge is 2.72. The lowest BCUT2D eigenvalue weighted by Crippen LogP contribution is -2.48. The van der Waals surface area contributed by atoms with Crippen LogP contribution >= 0.6 is 11.6 Å². The summed E-state index contributed by atoms with van der Waals surface area (Å²) in [5, 5.41) is 0.240. The second kappa shape index (κ2) is 9.92. The fourth-order valence-electron chi connectivity index (χ4n) is 7.19. The van der Waals surface area contributed by atoms with Crippen molar-refractivity contribution in [3.05, 3.63) is 130 Å². The van der Waals surface area contributed by atoms with Gasteiger partial charge < -0.3 is 14.4 Å². The summed E-state index contributed by atoms with van der Waals surface area (Å²) in [5.41, 5.74) is 0.663.